The fraction of sp³-hybridized carbons (Fsp3) is 0.320. The lowest BCUT2D eigenvalue weighted by Gasteiger charge is -2.32. The Balaban J connectivity index is 1.42. The van der Waals surface area contributed by atoms with Crippen molar-refractivity contribution in [2.45, 2.75) is 39.2 Å². The maximum atomic E-state index is 13.2. The van der Waals surface area contributed by atoms with Gasteiger partial charge in [-0.05, 0) is 56.0 Å². The number of rotatable bonds is 5. The van der Waals surface area contributed by atoms with Gasteiger partial charge < -0.3 is 10.2 Å². The van der Waals surface area contributed by atoms with Crippen LogP contribution in [0.5, 0.6) is 0 Å². The molecule has 4 rings (SSSR count). The number of nitrogens with zero attached hydrogens (tertiary/aromatic N) is 3. The van der Waals surface area contributed by atoms with Gasteiger partial charge >= 0.3 is 0 Å². The first-order valence-electron chi connectivity index (χ1n) is 11.0. The minimum absolute atomic E-state index is 0.0150. The standard InChI is InChI=1S/C25H27ClN4O2/c1-3-23-22(16-27-30(23)20-9-6-8-18(26)15-20)25(32)29-13-11-19(12-14-29)28-24(31)21-10-5-4-7-17(21)2/h4-10,15-16,19H,3,11-14H2,1-2H3,(H,28,31). The first-order valence-corrected chi connectivity index (χ1v) is 11.3. The Labute approximate surface area is 193 Å². The second kappa shape index (κ2) is 9.57. The van der Waals surface area contributed by atoms with Crippen molar-refractivity contribution in [2.75, 3.05) is 13.1 Å². The topological polar surface area (TPSA) is 67.2 Å². The maximum Gasteiger partial charge on any atom is 0.257 e. The molecule has 6 nitrogen and oxygen atoms in total. The van der Waals surface area contributed by atoms with Crippen LogP contribution in [0.15, 0.2) is 54.7 Å². The van der Waals surface area contributed by atoms with E-state index in [9.17, 15) is 9.59 Å². The van der Waals surface area contributed by atoms with Crippen LogP contribution in [0.25, 0.3) is 5.69 Å². The summed E-state index contributed by atoms with van der Waals surface area (Å²) in [6, 6.07) is 15.1. The Kier molecular flexibility index (Phi) is 6.61. The highest BCUT2D eigenvalue weighted by atomic mass is 35.5. The molecule has 0 spiro atoms. The van der Waals surface area contributed by atoms with Crippen molar-refractivity contribution in [3.8, 4) is 5.69 Å². The number of carbonyl (C=O) groups is 2. The van der Waals surface area contributed by atoms with Crippen LogP contribution in [0.1, 0.15) is 51.7 Å². The number of carbonyl (C=O) groups excluding carboxylic acids is 2. The summed E-state index contributed by atoms with van der Waals surface area (Å²) in [6.07, 6.45) is 3.78. The monoisotopic (exact) mass is 450 g/mol. The van der Waals surface area contributed by atoms with Gasteiger partial charge in [0.1, 0.15) is 0 Å². The van der Waals surface area contributed by atoms with E-state index in [2.05, 4.69) is 10.4 Å². The third kappa shape index (κ3) is 4.55. The number of hydrogen-bond donors (Lipinski definition) is 1. The summed E-state index contributed by atoms with van der Waals surface area (Å²) < 4.78 is 1.79. The van der Waals surface area contributed by atoms with Crippen LogP contribution in [0.3, 0.4) is 0 Å². The molecule has 166 valence electrons. The summed E-state index contributed by atoms with van der Waals surface area (Å²) in [7, 11) is 0. The van der Waals surface area contributed by atoms with E-state index in [1.165, 1.54) is 0 Å². The summed E-state index contributed by atoms with van der Waals surface area (Å²) >= 11 is 6.13. The molecule has 0 atom stereocenters. The number of benzene rings is 2. The quantitative estimate of drug-likeness (QED) is 0.625. The number of piperidine rings is 1. The molecule has 1 N–H and O–H groups in total. The normalized spacial score (nSPS) is 14.4. The SMILES string of the molecule is CCc1c(C(=O)N2CCC(NC(=O)c3ccccc3C)CC2)cnn1-c1cccc(Cl)c1. The molecule has 32 heavy (non-hydrogen) atoms. The zero-order valence-corrected chi connectivity index (χ0v) is 19.1. The average molecular weight is 451 g/mol. The summed E-state index contributed by atoms with van der Waals surface area (Å²) in [6.45, 7) is 5.15. The van der Waals surface area contributed by atoms with Gasteiger partial charge in [0.25, 0.3) is 11.8 Å². The zero-order valence-electron chi connectivity index (χ0n) is 18.3. The Hall–Kier alpha value is -3.12. The molecule has 1 aliphatic rings. The van der Waals surface area contributed by atoms with Gasteiger partial charge in [-0.2, -0.15) is 5.10 Å². The summed E-state index contributed by atoms with van der Waals surface area (Å²) in [5.74, 6) is -0.0669. The van der Waals surface area contributed by atoms with Crippen molar-refractivity contribution in [3.63, 3.8) is 0 Å². The van der Waals surface area contributed by atoms with Crippen LogP contribution in [0, 0.1) is 6.92 Å². The van der Waals surface area contributed by atoms with Crippen molar-refractivity contribution >= 4 is 23.4 Å². The van der Waals surface area contributed by atoms with E-state index >= 15 is 0 Å². The molecule has 0 aliphatic carbocycles. The summed E-state index contributed by atoms with van der Waals surface area (Å²) in [5, 5.41) is 8.21. The fourth-order valence-corrected chi connectivity index (χ4v) is 4.40. The van der Waals surface area contributed by atoms with Crippen LogP contribution in [0.2, 0.25) is 5.02 Å². The van der Waals surface area contributed by atoms with Gasteiger partial charge in [0.15, 0.2) is 0 Å². The van der Waals surface area contributed by atoms with E-state index in [1.807, 2.05) is 67.3 Å². The third-order valence-electron chi connectivity index (χ3n) is 5.99. The van der Waals surface area contributed by atoms with Crippen molar-refractivity contribution in [3.05, 3.63) is 82.1 Å². The van der Waals surface area contributed by atoms with Crippen LogP contribution in [-0.4, -0.2) is 45.6 Å². The molecule has 7 heteroatoms. The van der Waals surface area contributed by atoms with Crippen molar-refractivity contribution in [2.24, 2.45) is 0 Å². The number of halogens is 1. The molecule has 1 fully saturated rings. The van der Waals surface area contributed by atoms with E-state index in [-0.39, 0.29) is 17.9 Å². The molecule has 0 saturated carbocycles. The van der Waals surface area contributed by atoms with Gasteiger partial charge in [-0.1, -0.05) is 42.8 Å². The van der Waals surface area contributed by atoms with Crippen molar-refractivity contribution in [1.82, 2.24) is 20.0 Å². The fourth-order valence-electron chi connectivity index (χ4n) is 4.21. The minimum Gasteiger partial charge on any atom is -0.349 e. The summed E-state index contributed by atoms with van der Waals surface area (Å²) in [4.78, 5) is 27.7. The van der Waals surface area contributed by atoms with Gasteiger partial charge in [0.05, 0.1) is 23.1 Å². The number of likely N-dealkylation sites (tertiary alicyclic amines) is 1. The zero-order chi connectivity index (χ0) is 22.7. The van der Waals surface area contributed by atoms with E-state index in [4.69, 9.17) is 11.6 Å². The smallest absolute Gasteiger partial charge is 0.257 e. The molecule has 2 aromatic carbocycles. The van der Waals surface area contributed by atoms with Crippen LogP contribution < -0.4 is 5.32 Å². The Morgan fingerprint density at radius 2 is 1.84 bits per heavy atom. The first-order chi connectivity index (χ1) is 15.5. The number of amides is 2. The maximum absolute atomic E-state index is 13.2. The van der Waals surface area contributed by atoms with Crippen molar-refractivity contribution in [1.29, 1.82) is 0 Å². The highest BCUT2D eigenvalue weighted by Crippen LogP contribution is 2.22. The largest absolute Gasteiger partial charge is 0.349 e. The van der Waals surface area contributed by atoms with Gasteiger partial charge in [0, 0.05) is 29.7 Å². The highest BCUT2D eigenvalue weighted by Gasteiger charge is 2.27. The number of aryl methyl sites for hydroxylation is 1. The van der Waals surface area contributed by atoms with Crippen LogP contribution in [-0.2, 0) is 6.42 Å². The van der Waals surface area contributed by atoms with Gasteiger partial charge in [0.2, 0.25) is 0 Å². The van der Waals surface area contributed by atoms with Crippen molar-refractivity contribution < 1.29 is 9.59 Å². The minimum atomic E-state index is -0.0519. The molecule has 1 saturated heterocycles. The lowest BCUT2D eigenvalue weighted by Crippen LogP contribution is -2.46. The molecule has 1 aromatic heterocycles. The Morgan fingerprint density at radius 1 is 1.09 bits per heavy atom. The Morgan fingerprint density at radius 3 is 2.53 bits per heavy atom. The number of hydrogen-bond acceptors (Lipinski definition) is 3. The van der Waals surface area contributed by atoms with Gasteiger partial charge in [-0.25, -0.2) is 4.68 Å². The van der Waals surface area contributed by atoms with E-state index in [0.717, 1.165) is 29.8 Å². The van der Waals surface area contributed by atoms with Crippen LogP contribution in [0.4, 0.5) is 0 Å². The predicted molar refractivity (Wildman–Crippen MR) is 126 cm³/mol. The predicted octanol–water partition coefficient (Wildman–Crippen LogP) is 4.43. The molecular weight excluding hydrogens is 424 g/mol. The molecule has 0 bridgehead atoms. The average Bonchev–Trinajstić information content (AvgIpc) is 3.23. The first kappa shape index (κ1) is 22.1. The highest BCUT2D eigenvalue weighted by molar-refractivity contribution is 6.30. The van der Waals surface area contributed by atoms with E-state index < -0.39 is 0 Å². The lowest BCUT2D eigenvalue weighted by atomic mass is 10.0. The molecule has 0 unspecified atom stereocenters. The van der Waals surface area contributed by atoms with E-state index in [0.29, 0.717) is 35.7 Å². The Bertz CT molecular complexity index is 1130. The molecule has 2 amide bonds. The third-order valence-corrected chi connectivity index (χ3v) is 6.23. The summed E-state index contributed by atoms with van der Waals surface area (Å²) in [5.41, 5.74) is 3.99. The lowest BCUT2D eigenvalue weighted by molar-refractivity contribution is 0.0697. The van der Waals surface area contributed by atoms with Crippen LogP contribution >= 0.6 is 11.6 Å². The van der Waals surface area contributed by atoms with Gasteiger partial charge in [-0.3, -0.25) is 9.59 Å². The molecule has 2 heterocycles. The second-order valence-electron chi connectivity index (χ2n) is 8.11. The molecule has 3 aromatic rings. The number of aromatic nitrogens is 2. The molecule has 1 aliphatic heterocycles. The second-order valence-corrected chi connectivity index (χ2v) is 8.54. The molecule has 0 radical (unpaired) electrons. The van der Waals surface area contributed by atoms with Gasteiger partial charge in [-0.15, -0.1) is 0 Å². The number of nitrogens with one attached hydrogen (secondary N) is 1. The molecular formula is C25H27ClN4O2. The van der Waals surface area contributed by atoms with E-state index in [1.54, 1.807) is 10.9 Å².